The van der Waals surface area contributed by atoms with Gasteiger partial charge in [0.1, 0.15) is 5.41 Å². The van der Waals surface area contributed by atoms with E-state index in [1.165, 1.54) is 0 Å². The van der Waals surface area contributed by atoms with E-state index < -0.39 is 5.41 Å². The van der Waals surface area contributed by atoms with Crippen molar-refractivity contribution in [2.75, 3.05) is 0 Å². The SMILES string of the molecule is C=C/C=C\C=C(/C)C(C)(C#N)C(/C=C\C)=C/CC. The van der Waals surface area contributed by atoms with Crippen LogP contribution in [0.25, 0.3) is 0 Å². The van der Waals surface area contributed by atoms with E-state index >= 15 is 0 Å². The third kappa shape index (κ3) is 4.22. The molecule has 1 unspecified atom stereocenters. The van der Waals surface area contributed by atoms with Crippen LogP contribution in [0.15, 0.2) is 60.3 Å². The quantitative estimate of drug-likeness (QED) is 0.592. The lowest BCUT2D eigenvalue weighted by Gasteiger charge is -2.24. The Balaban J connectivity index is 5.53. The van der Waals surface area contributed by atoms with E-state index in [-0.39, 0.29) is 0 Å². The van der Waals surface area contributed by atoms with Gasteiger partial charge < -0.3 is 0 Å². The van der Waals surface area contributed by atoms with E-state index in [0.29, 0.717) is 0 Å². The van der Waals surface area contributed by atoms with Crippen LogP contribution in [-0.4, -0.2) is 0 Å². The molecule has 96 valence electrons. The fourth-order valence-electron chi connectivity index (χ4n) is 1.66. The highest BCUT2D eigenvalue weighted by Crippen LogP contribution is 2.35. The number of nitriles is 1. The average Bonchev–Trinajstić information content (AvgIpc) is 2.37. The van der Waals surface area contributed by atoms with E-state index in [1.54, 1.807) is 6.08 Å². The minimum atomic E-state index is -0.575. The summed E-state index contributed by atoms with van der Waals surface area (Å²) in [5.41, 5.74) is 1.50. The maximum absolute atomic E-state index is 9.53. The van der Waals surface area contributed by atoms with Crippen molar-refractivity contribution in [1.82, 2.24) is 0 Å². The Kier molecular flexibility index (Phi) is 7.47. The van der Waals surface area contributed by atoms with E-state index in [2.05, 4.69) is 25.6 Å². The molecule has 0 saturated carbocycles. The van der Waals surface area contributed by atoms with Gasteiger partial charge in [0.25, 0.3) is 0 Å². The van der Waals surface area contributed by atoms with Gasteiger partial charge in [0.15, 0.2) is 0 Å². The lowest BCUT2D eigenvalue weighted by Crippen LogP contribution is -2.17. The first-order chi connectivity index (χ1) is 8.56. The summed E-state index contributed by atoms with van der Waals surface area (Å²) in [5.74, 6) is 0. The molecule has 0 saturated heterocycles. The molecule has 0 aromatic heterocycles. The third-order valence-electron chi connectivity index (χ3n) is 2.95. The molecule has 0 bridgehead atoms. The van der Waals surface area contributed by atoms with Crippen molar-refractivity contribution in [2.24, 2.45) is 5.41 Å². The van der Waals surface area contributed by atoms with Crippen molar-refractivity contribution in [1.29, 1.82) is 5.26 Å². The lowest BCUT2D eigenvalue weighted by atomic mass is 9.76. The normalized spacial score (nSPS) is 16.8. The molecular weight excluding hydrogens is 218 g/mol. The molecule has 1 heteroatoms. The molecule has 0 aliphatic carbocycles. The predicted molar refractivity (Wildman–Crippen MR) is 80.0 cm³/mol. The van der Waals surface area contributed by atoms with E-state index in [9.17, 15) is 5.26 Å². The van der Waals surface area contributed by atoms with Crippen LogP contribution in [0.5, 0.6) is 0 Å². The average molecular weight is 241 g/mol. The van der Waals surface area contributed by atoms with Crippen LogP contribution < -0.4 is 0 Å². The minimum absolute atomic E-state index is 0.575. The van der Waals surface area contributed by atoms with E-state index in [0.717, 1.165) is 17.6 Å². The van der Waals surface area contributed by atoms with Crippen LogP contribution >= 0.6 is 0 Å². The standard InChI is InChI=1S/C17H23N/c1-6-9-10-13-15(4)17(5,14-18)16(11-7-2)12-8-3/h6-7,9-13H,1,8H2,2-5H3/b10-9-,11-7-,15-13+,16-12+. The summed E-state index contributed by atoms with van der Waals surface area (Å²) in [5, 5.41) is 9.53. The summed E-state index contributed by atoms with van der Waals surface area (Å²) in [6.45, 7) is 11.6. The first-order valence-corrected chi connectivity index (χ1v) is 6.27. The zero-order valence-corrected chi connectivity index (χ0v) is 11.9. The van der Waals surface area contributed by atoms with Gasteiger partial charge >= 0.3 is 0 Å². The second kappa shape index (κ2) is 8.31. The van der Waals surface area contributed by atoms with Crippen molar-refractivity contribution in [3.63, 3.8) is 0 Å². The van der Waals surface area contributed by atoms with Gasteiger partial charge in [-0.05, 0) is 38.3 Å². The molecule has 0 rings (SSSR count). The van der Waals surface area contributed by atoms with Crippen molar-refractivity contribution < 1.29 is 0 Å². The number of allylic oxidation sites excluding steroid dienone is 9. The van der Waals surface area contributed by atoms with Crippen LogP contribution in [0.3, 0.4) is 0 Å². The van der Waals surface area contributed by atoms with Crippen molar-refractivity contribution in [2.45, 2.75) is 34.1 Å². The molecule has 0 N–H and O–H groups in total. The fourth-order valence-corrected chi connectivity index (χ4v) is 1.66. The molecular formula is C17H23N. The smallest absolute Gasteiger partial charge is 0.100 e. The van der Waals surface area contributed by atoms with E-state index in [1.807, 2.05) is 51.2 Å². The van der Waals surface area contributed by atoms with Gasteiger partial charge in [-0.15, -0.1) is 0 Å². The highest BCUT2D eigenvalue weighted by Gasteiger charge is 2.28. The Bertz CT molecular complexity index is 427. The molecule has 0 spiro atoms. The van der Waals surface area contributed by atoms with Crippen molar-refractivity contribution >= 4 is 0 Å². The molecule has 0 amide bonds. The monoisotopic (exact) mass is 241 g/mol. The summed E-state index contributed by atoms with van der Waals surface area (Å²) >= 11 is 0. The molecule has 1 atom stereocenters. The molecule has 0 aliphatic rings. The van der Waals surface area contributed by atoms with Gasteiger partial charge in [-0.25, -0.2) is 0 Å². The Hall–Kier alpha value is -1.81. The highest BCUT2D eigenvalue weighted by molar-refractivity contribution is 5.42. The summed E-state index contributed by atoms with van der Waals surface area (Å²) in [4.78, 5) is 0. The van der Waals surface area contributed by atoms with Crippen LogP contribution in [0.2, 0.25) is 0 Å². The Morgan fingerprint density at radius 3 is 2.50 bits per heavy atom. The number of rotatable bonds is 6. The van der Waals surface area contributed by atoms with Gasteiger partial charge in [0.2, 0.25) is 0 Å². The molecule has 0 aromatic rings. The first-order valence-electron chi connectivity index (χ1n) is 6.27. The van der Waals surface area contributed by atoms with Gasteiger partial charge in [-0.2, -0.15) is 5.26 Å². The summed E-state index contributed by atoms with van der Waals surface area (Å²) < 4.78 is 0. The minimum Gasteiger partial charge on any atom is -0.197 e. The molecule has 18 heavy (non-hydrogen) atoms. The molecule has 0 aliphatic heterocycles. The summed E-state index contributed by atoms with van der Waals surface area (Å²) in [7, 11) is 0. The molecule has 0 fully saturated rings. The van der Waals surface area contributed by atoms with Gasteiger partial charge in [0, 0.05) is 0 Å². The lowest BCUT2D eigenvalue weighted by molar-refractivity contribution is 0.644. The number of hydrogen-bond acceptors (Lipinski definition) is 1. The van der Waals surface area contributed by atoms with Gasteiger partial charge in [0.05, 0.1) is 6.07 Å². The Morgan fingerprint density at radius 2 is 2.06 bits per heavy atom. The number of nitrogens with zero attached hydrogens (tertiary/aromatic N) is 1. The summed E-state index contributed by atoms with van der Waals surface area (Å²) in [6, 6.07) is 2.43. The molecule has 0 radical (unpaired) electrons. The number of hydrogen-bond donors (Lipinski definition) is 0. The zero-order chi connectivity index (χ0) is 14.0. The topological polar surface area (TPSA) is 23.8 Å². The molecule has 0 aromatic carbocycles. The van der Waals surface area contributed by atoms with Crippen LogP contribution in [0.4, 0.5) is 0 Å². The highest BCUT2D eigenvalue weighted by atomic mass is 14.4. The van der Waals surface area contributed by atoms with E-state index in [4.69, 9.17) is 0 Å². The fraction of sp³-hybridized carbons (Fsp3) is 0.353. The van der Waals surface area contributed by atoms with Crippen molar-refractivity contribution in [3.8, 4) is 6.07 Å². The largest absolute Gasteiger partial charge is 0.197 e. The third-order valence-corrected chi connectivity index (χ3v) is 2.95. The maximum Gasteiger partial charge on any atom is 0.100 e. The molecule has 0 heterocycles. The van der Waals surface area contributed by atoms with Gasteiger partial charge in [-0.3, -0.25) is 0 Å². The Morgan fingerprint density at radius 1 is 1.39 bits per heavy atom. The maximum atomic E-state index is 9.53. The summed E-state index contributed by atoms with van der Waals surface area (Å²) in [6.07, 6.45) is 14.5. The predicted octanol–water partition coefficient (Wildman–Crippen LogP) is 5.12. The van der Waals surface area contributed by atoms with Crippen LogP contribution in [0.1, 0.15) is 34.1 Å². The molecule has 1 nitrogen and oxygen atoms in total. The van der Waals surface area contributed by atoms with Crippen molar-refractivity contribution in [3.05, 3.63) is 60.3 Å². The van der Waals surface area contributed by atoms with Gasteiger partial charge in [-0.1, -0.05) is 56.0 Å². The second-order valence-electron chi connectivity index (χ2n) is 4.27. The first kappa shape index (κ1) is 16.2. The second-order valence-corrected chi connectivity index (χ2v) is 4.27. The van der Waals surface area contributed by atoms with Crippen LogP contribution in [0, 0.1) is 16.7 Å². The van der Waals surface area contributed by atoms with Crippen LogP contribution in [-0.2, 0) is 0 Å². The zero-order valence-electron chi connectivity index (χ0n) is 11.9. The Labute approximate surface area is 112 Å².